The summed E-state index contributed by atoms with van der Waals surface area (Å²) in [5.74, 6) is 0.789. The van der Waals surface area contributed by atoms with Crippen molar-refractivity contribution in [1.29, 1.82) is 0 Å². The molecule has 0 aromatic heterocycles. The third-order valence-corrected chi connectivity index (χ3v) is 2.95. The van der Waals surface area contributed by atoms with Gasteiger partial charge in [-0.15, -0.1) is 0 Å². The van der Waals surface area contributed by atoms with Crippen LogP contribution in [0.3, 0.4) is 0 Å². The maximum absolute atomic E-state index is 5.99. The molecule has 2 aromatic rings. The summed E-state index contributed by atoms with van der Waals surface area (Å²) in [6.45, 7) is 0. The summed E-state index contributed by atoms with van der Waals surface area (Å²) >= 11 is 17.8. The predicted molar refractivity (Wildman–Crippen MR) is 72.4 cm³/mol. The number of nitrogen functional groups attached to an aromatic ring is 1. The predicted octanol–water partition coefficient (Wildman–Crippen LogP) is 5.02. The average molecular weight is 289 g/mol. The molecule has 0 fully saturated rings. The molecule has 2 nitrogen and oxygen atoms in total. The van der Waals surface area contributed by atoms with Gasteiger partial charge in [-0.3, -0.25) is 0 Å². The lowest BCUT2D eigenvalue weighted by molar-refractivity contribution is 0.485. The van der Waals surface area contributed by atoms with Crippen LogP contribution in [0.4, 0.5) is 5.69 Å². The Hall–Kier alpha value is -1.09. The summed E-state index contributed by atoms with van der Waals surface area (Å²) in [4.78, 5) is 0. The molecule has 0 aliphatic carbocycles. The fourth-order valence-electron chi connectivity index (χ4n) is 1.30. The number of rotatable bonds is 2. The Balaban J connectivity index is 2.41. The van der Waals surface area contributed by atoms with Gasteiger partial charge in [0.15, 0.2) is 5.75 Å². The standard InChI is InChI=1S/C12H8Cl3NO/c13-7-4-5-8(14)11(6-7)17-12-9(15)2-1-3-10(12)16/h1-6H,16H2. The Morgan fingerprint density at radius 1 is 0.941 bits per heavy atom. The quantitative estimate of drug-likeness (QED) is 0.787. The van der Waals surface area contributed by atoms with Gasteiger partial charge < -0.3 is 10.5 Å². The Morgan fingerprint density at radius 2 is 1.71 bits per heavy atom. The van der Waals surface area contributed by atoms with Crippen LogP contribution >= 0.6 is 34.8 Å². The van der Waals surface area contributed by atoms with Crippen molar-refractivity contribution in [3.05, 3.63) is 51.5 Å². The van der Waals surface area contributed by atoms with Crippen molar-refractivity contribution in [2.45, 2.75) is 0 Å². The first kappa shape index (κ1) is 12.4. The summed E-state index contributed by atoms with van der Waals surface area (Å²) in [6, 6.07) is 10.0. The van der Waals surface area contributed by atoms with E-state index in [0.29, 0.717) is 32.3 Å². The number of para-hydroxylation sites is 1. The number of ether oxygens (including phenoxy) is 1. The van der Waals surface area contributed by atoms with E-state index in [4.69, 9.17) is 45.3 Å². The van der Waals surface area contributed by atoms with Crippen LogP contribution in [0.2, 0.25) is 15.1 Å². The summed E-state index contributed by atoms with van der Waals surface area (Å²) in [5.41, 5.74) is 6.21. The van der Waals surface area contributed by atoms with E-state index in [1.165, 1.54) is 0 Å². The summed E-state index contributed by atoms with van der Waals surface area (Å²) < 4.78 is 5.58. The molecular weight excluding hydrogens is 280 g/mol. The normalized spacial score (nSPS) is 10.3. The first-order chi connectivity index (χ1) is 8.08. The van der Waals surface area contributed by atoms with Crippen LogP contribution in [-0.2, 0) is 0 Å². The van der Waals surface area contributed by atoms with Gasteiger partial charge in [-0.2, -0.15) is 0 Å². The van der Waals surface area contributed by atoms with Crippen LogP contribution in [0, 0.1) is 0 Å². The summed E-state index contributed by atoms with van der Waals surface area (Å²) in [6.07, 6.45) is 0. The highest BCUT2D eigenvalue weighted by Gasteiger charge is 2.10. The highest BCUT2D eigenvalue weighted by molar-refractivity contribution is 6.34. The zero-order chi connectivity index (χ0) is 12.4. The number of benzene rings is 2. The molecule has 0 saturated carbocycles. The highest BCUT2D eigenvalue weighted by atomic mass is 35.5. The molecule has 88 valence electrons. The molecular formula is C12H8Cl3NO. The van der Waals surface area contributed by atoms with Crippen molar-refractivity contribution >= 4 is 40.5 Å². The fourth-order valence-corrected chi connectivity index (χ4v) is 1.84. The van der Waals surface area contributed by atoms with Crippen molar-refractivity contribution < 1.29 is 4.74 Å². The van der Waals surface area contributed by atoms with Gasteiger partial charge in [0.25, 0.3) is 0 Å². The van der Waals surface area contributed by atoms with Gasteiger partial charge in [0.05, 0.1) is 15.7 Å². The second-order valence-corrected chi connectivity index (χ2v) is 4.59. The highest BCUT2D eigenvalue weighted by Crippen LogP contribution is 2.38. The van der Waals surface area contributed by atoms with Gasteiger partial charge in [0.1, 0.15) is 5.75 Å². The van der Waals surface area contributed by atoms with Gasteiger partial charge in [-0.25, -0.2) is 0 Å². The smallest absolute Gasteiger partial charge is 0.168 e. The Kier molecular flexibility index (Phi) is 3.67. The minimum atomic E-state index is 0.373. The topological polar surface area (TPSA) is 35.2 Å². The van der Waals surface area contributed by atoms with Gasteiger partial charge >= 0.3 is 0 Å². The monoisotopic (exact) mass is 287 g/mol. The Bertz CT molecular complexity index is 537. The summed E-state index contributed by atoms with van der Waals surface area (Å²) in [7, 11) is 0. The molecule has 0 aliphatic rings. The molecule has 2 aromatic carbocycles. The molecule has 0 saturated heterocycles. The minimum Gasteiger partial charge on any atom is -0.452 e. The molecule has 5 heteroatoms. The van der Waals surface area contributed by atoms with E-state index in [1.807, 2.05) is 0 Å². The van der Waals surface area contributed by atoms with Crippen LogP contribution < -0.4 is 10.5 Å². The fraction of sp³-hybridized carbons (Fsp3) is 0. The largest absolute Gasteiger partial charge is 0.452 e. The van der Waals surface area contributed by atoms with Crippen molar-refractivity contribution in [2.24, 2.45) is 0 Å². The third-order valence-electron chi connectivity index (χ3n) is 2.10. The van der Waals surface area contributed by atoms with Crippen molar-refractivity contribution in [3.8, 4) is 11.5 Å². The van der Waals surface area contributed by atoms with Crippen LogP contribution in [0.15, 0.2) is 36.4 Å². The van der Waals surface area contributed by atoms with E-state index in [0.717, 1.165) is 0 Å². The molecule has 0 heterocycles. The van der Waals surface area contributed by atoms with Gasteiger partial charge in [-0.05, 0) is 24.3 Å². The average Bonchev–Trinajstić information content (AvgIpc) is 2.28. The second-order valence-electron chi connectivity index (χ2n) is 3.33. The molecule has 0 atom stereocenters. The van der Waals surface area contributed by atoms with Crippen molar-refractivity contribution in [2.75, 3.05) is 5.73 Å². The number of nitrogens with two attached hydrogens (primary N) is 1. The Labute approximate surface area is 114 Å². The van der Waals surface area contributed by atoms with Crippen LogP contribution in [0.25, 0.3) is 0 Å². The third kappa shape index (κ3) is 2.78. The van der Waals surface area contributed by atoms with E-state index >= 15 is 0 Å². The van der Waals surface area contributed by atoms with E-state index in [-0.39, 0.29) is 0 Å². The lowest BCUT2D eigenvalue weighted by Crippen LogP contribution is -1.93. The first-order valence-electron chi connectivity index (χ1n) is 4.75. The lowest BCUT2D eigenvalue weighted by Gasteiger charge is -2.11. The molecule has 2 rings (SSSR count). The van der Waals surface area contributed by atoms with Crippen LogP contribution in [0.5, 0.6) is 11.5 Å². The molecule has 0 unspecified atom stereocenters. The number of halogens is 3. The Morgan fingerprint density at radius 3 is 2.41 bits per heavy atom. The van der Waals surface area contributed by atoms with Gasteiger partial charge in [0, 0.05) is 11.1 Å². The van der Waals surface area contributed by atoms with E-state index in [2.05, 4.69) is 0 Å². The van der Waals surface area contributed by atoms with Crippen molar-refractivity contribution in [1.82, 2.24) is 0 Å². The first-order valence-corrected chi connectivity index (χ1v) is 5.88. The SMILES string of the molecule is Nc1cccc(Cl)c1Oc1cc(Cl)ccc1Cl. The van der Waals surface area contributed by atoms with Gasteiger partial charge in [-0.1, -0.05) is 40.9 Å². The molecule has 2 N–H and O–H groups in total. The van der Waals surface area contributed by atoms with Gasteiger partial charge in [0.2, 0.25) is 0 Å². The summed E-state index contributed by atoms with van der Waals surface area (Å²) in [5, 5.41) is 1.38. The number of anilines is 1. The second kappa shape index (κ2) is 5.05. The lowest BCUT2D eigenvalue weighted by atomic mass is 10.3. The van der Waals surface area contributed by atoms with E-state index < -0.39 is 0 Å². The minimum absolute atomic E-state index is 0.373. The maximum Gasteiger partial charge on any atom is 0.168 e. The number of hydrogen-bond acceptors (Lipinski definition) is 2. The molecule has 0 aliphatic heterocycles. The molecule has 17 heavy (non-hydrogen) atoms. The molecule has 0 radical (unpaired) electrons. The number of hydrogen-bond donors (Lipinski definition) is 1. The zero-order valence-electron chi connectivity index (χ0n) is 8.58. The van der Waals surface area contributed by atoms with Crippen LogP contribution in [-0.4, -0.2) is 0 Å². The zero-order valence-corrected chi connectivity index (χ0v) is 10.9. The van der Waals surface area contributed by atoms with E-state index in [9.17, 15) is 0 Å². The van der Waals surface area contributed by atoms with Crippen LogP contribution in [0.1, 0.15) is 0 Å². The molecule has 0 spiro atoms. The molecule has 0 amide bonds. The molecule has 0 bridgehead atoms. The maximum atomic E-state index is 5.99. The van der Waals surface area contributed by atoms with Crippen molar-refractivity contribution in [3.63, 3.8) is 0 Å². The van der Waals surface area contributed by atoms with E-state index in [1.54, 1.807) is 36.4 Å².